The Balaban J connectivity index is -0.0000000457. The van der Waals surface area contributed by atoms with E-state index >= 15 is 0 Å². The van der Waals surface area contributed by atoms with Crippen molar-refractivity contribution in [2.24, 2.45) is 0 Å². The van der Waals surface area contributed by atoms with Crippen LogP contribution in [0.2, 0.25) is 0 Å². The summed E-state index contributed by atoms with van der Waals surface area (Å²) in [5, 5.41) is 0. The molecule has 0 aliphatic heterocycles. The van der Waals surface area contributed by atoms with E-state index in [1.54, 1.807) is 0 Å². The van der Waals surface area contributed by atoms with Crippen LogP contribution in [0.15, 0.2) is 0 Å². The zero-order valence-corrected chi connectivity index (χ0v) is 14.0. The molecule has 0 spiro atoms. The molecule has 0 fully saturated rings. The number of rotatable bonds is 0. The minimum Gasteiger partial charge on any atom is -0.759 e. The van der Waals surface area contributed by atoms with Crippen LogP contribution in [-0.2, 0) is 20.8 Å². The third-order valence-corrected chi connectivity index (χ3v) is 0. The van der Waals surface area contributed by atoms with Gasteiger partial charge in [-0.3, -0.25) is 16.8 Å². The van der Waals surface area contributed by atoms with Crippen LogP contribution in [0.25, 0.3) is 0 Å². The van der Waals surface area contributed by atoms with Crippen molar-refractivity contribution < 1.29 is 35.0 Å². The van der Waals surface area contributed by atoms with Gasteiger partial charge in [-0.25, -0.2) is 0 Å². The maximum Gasteiger partial charge on any atom is 3.00 e. The summed E-state index contributed by atoms with van der Waals surface area (Å²) < 4.78 is 68.2. The van der Waals surface area contributed by atoms with E-state index in [1.807, 2.05) is 0 Å². The standard InChI is InChI=1S/In.2H2O4S.Pb/c;2*1-5(2,3)4;/h;2*(H2,1,2,3,4);/q+3;;;+2/p-4. The number of hydrogen-bond acceptors (Lipinski definition) is 8. The van der Waals surface area contributed by atoms with Gasteiger partial charge in [0.05, 0.1) is 0 Å². The molecule has 0 aromatic heterocycles. The Morgan fingerprint density at radius 3 is 0.667 bits per heavy atom. The van der Waals surface area contributed by atoms with E-state index in [0.717, 1.165) is 0 Å². The van der Waals surface area contributed by atoms with Crippen LogP contribution in [0.3, 0.4) is 0 Å². The van der Waals surface area contributed by atoms with Gasteiger partial charge in [0.2, 0.25) is 0 Å². The van der Waals surface area contributed by atoms with Gasteiger partial charge in [0.25, 0.3) is 0 Å². The molecule has 12 heteroatoms. The molecule has 12 heavy (non-hydrogen) atoms. The third kappa shape index (κ3) is 545. The van der Waals surface area contributed by atoms with Crippen molar-refractivity contribution >= 4 is 73.9 Å². The molecule has 0 aliphatic rings. The maximum absolute atomic E-state index is 8.52. The van der Waals surface area contributed by atoms with E-state index in [4.69, 9.17) is 35.0 Å². The van der Waals surface area contributed by atoms with Crippen molar-refractivity contribution in [2.75, 3.05) is 0 Å². The first-order valence-electron chi connectivity index (χ1n) is 1.33. The molecule has 8 nitrogen and oxygen atoms in total. The van der Waals surface area contributed by atoms with Crippen LogP contribution in [0, 0.1) is 0 Å². The molecule has 0 aliphatic carbocycles. The number of hydrogen-bond donors (Lipinski definition) is 0. The first kappa shape index (κ1) is 23.4. The molecule has 2 radical (unpaired) electrons. The molecule has 0 atom stereocenters. The van der Waals surface area contributed by atoms with Crippen LogP contribution >= 0.6 is 0 Å². The molecule has 0 N–H and O–H groups in total. The van der Waals surface area contributed by atoms with E-state index < -0.39 is 20.8 Å². The van der Waals surface area contributed by atoms with Gasteiger partial charge in [0.1, 0.15) is 0 Å². The smallest absolute Gasteiger partial charge is 0.759 e. The molecule has 0 aromatic carbocycles. The predicted octanol–water partition coefficient (Wildman–Crippen LogP) is -3.44. The topological polar surface area (TPSA) is 161 Å². The van der Waals surface area contributed by atoms with Crippen molar-refractivity contribution in [3.8, 4) is 0 Å². The fourth-order valence-electron chi connectivity index (χ4n) is 0. The van der Waals surface area contributed by atoms with Gasteiger partial charge in [0, 0.05) is 20.8 Å². The quantitative estimate of drug-likeness (QED) is 0.183. The van der Waals surface area contributed by atoms with Crippen LogP contribution < -0.4 is 0 Å². The summed E-state index contributed by atoms with van der Waals surface area (Å²) in [7, 11) is -10.3. The zero-order valence-electron chi connectivity index (χ0n) is 5.16. The van der Waals surface area contributed by atoms with Crippen molar-refractivity contribution in [2.45, 2.75) is 0 Å². The molecular weight excluding hydrogens is 514 g/mol. The molecule has 66 valence electrons. The largest absolute Gasteiger partial charge is 3.00 e. The van der Waals surface area contributed by atoms with E-state index in [2.05, 4.69) is 0 Å². The SMILES string of the molecule is O=S(=O)([O-])[O-].O=S(=O)([O-])[O-].[In+3].[Pb+2]. The summed E-state index contributed by atoms with van der Waals surface area (Å²) in [4.78, 5) is 0. The summed E-state index contributed by atoms with van der Waals surface area (Å²) in [6.45, 7) is 0. The van der Waals surface area contributed by atoms with Crippen LogP contribution in [-0.4, -0.2) is 88.2 Å². The van der Waals surface area contributed by atoms with E-state index in [-0.39, 0.29) is 53.1 Å². The third-order valence-electron chi connectivity index (χ3n) is 0. The minimum atomic E-state index is -5.17. The molecule has 0 amide bonds. The second kappa shape index (κ2) is 9.10. The molecule has 0 saturated heterocycles. The molecule has 0 bridgehead atoms. The van der Waals surface area contributed by atoms with Gasteiger partial charge in [-0.2, -0.15) is 0 Å². The second-order valence-corrected chi connectivity index (χ2v) is 2.45. The van der Waals surface area contributed by atoms with E-state index in [0.29, 0.717) is 0 Å². The Labute approximate surface area is 108 Å². The van der Waals surface area contributed by atoms with Gasteiger partial charge in [-0.15, -0.1) is 0 Å². The van der Waals surface area contributed by atoms with E-state index in [9.17, 15) is 0 Å². The molecule has 0 rings (SSSR count). The summed E-state index contributed by atoms with van der Waals surface area (Å²) >= 11 is 0. The zero-order chi connectivity index (χ0) is 9.00. The molecule has 0 heterocycles. The summed E-state index contributed by atoms with van der Waals surface area (Å²) in [5.41, 5.74) is 0. The van der Waals surface area contributed by atoms with Crippen molar-refractivity contribution in [3.63, 3.8) is 0 Å². The maximum atomic E-state index is 8.52. The van der Waals surface area contributed by atoms with E-state index in [1.165, 1.54) is 0 Å². The van der Waals surface area contributed by atoms with Gasteiger partial charge in [-0.05, 0) is 0 Å². The monoisotopic (exact) mass is 515 g/mol. The Morgan fingerprint density at radius 1 is 0.667 bits per heavy atom. The fraction of sp³-hybridized carbons (Fsp3) is 0. The molecular formula is InO8PbS2+. The predicted molar refractivity (Wildman–Crippen MR) is 32.5 cm³/mol. The normalized spacial score (nSPS) is 9.67. The van der Waals surface area contributed by atoms with Crippen LogP contribution in [0.5, 0.6) is 0 Å². The Hall–Kier alpha value is 1.53. The second-order valence-electron chi connectivity index (χ2n) is 0.816. The molecule has 0 saturated carbocycles. The summed E-state index contributed by atoms with van der Waals surface area (Å²) in [5.74, 6) is 0. The Bertz CT molecular complexity index is 213. The molecule has 0 unspecified atom stereocenters. The first-order chi connectivity index (χ1) is 4.00. The summed E-state index contributed by atoms with van der Waals surface area (Å²) in [6, 6.07) is 0. The molecule has 0 aromatic rings. The van der Waals surface area contributed by atoms with Gasteiger partial charge in [0.15, 0.2) is 0 Å². The van der Waals surface area contributed by atoms with Gasteiger partial charge in [-0.1, -0.05) is 0 Å². The Morgan fingerprint density at radius 2 is 0.667 bits per heavy atom. The Kier molecular flexibility index (Phi) is 17.7. The minimum absolute atomic E-state index is 0. The average Bonchev–Trinajstić information content (AvgIpc) is 1.12. The first-order valence-corrected chi connectivity index (χ1v) is 4.00. The van der Waals surface area contributed by atoms with Crippen LogP contribution in [0.1, 0.15) is 0 Å². The average molecular weight is 514 g/mol. The van der Waals surface area contributed by atoms with Crippen molar-refractivity contribution in [1.82, 2.24) is 0 Å². The van der Waals surface area contributed by atoms with Crippen molar-refractivity contribution in [1.29, 1.82) is 0 Å². The fourth-order valence-corrected chi connectivity index (χ4v) is 0. The van der Waals surface area contributed by atoms with Gasteiger partial charge < -0.3 is 18.2 Å². The van der Waals surface area contributed by atoms with Crippen LogP contribution in [0.4, 0.5) is 0 Å². The summed E-state index contributed by atoms with van der Waals surface area (Å²) in [6.07, 6.45) is 0. The van der Waals surface area contributed by atoms with Gasteiger partial charge >= 0.3 is 53.1 Å². The van der Waals surface area contributed by atoms with Crippen molar-refractivity contribution in [3.05, 3.63) is 0 Å².